The van der Waals surface area contributed by atoms with Gasteiger partial charge in [0.2, 0.25) is 5.91 Å². The van der Waals surface area contributed by atoms with Crippen LogP contribution >= 0.6 is 0 Å². The third kappa shape index (κ3) is 4.76. The van der Waals surface area contributed by atoms with Gasteiger partial charge < -0.3 is 10.6 Å². The molecule has 1 aromatic rings. The van der Waals surface area contributed by atoms with Crippen molar-refractivity contribution in [1.82, 2.24) is 5.32 Å². The number of carbonyl (C=O) groups is 1. The molecule has 1 aliphatic rings. The maximum Gasteiger partial charge on any atom is 0.242 e. The Morgan fingerprint density at radius 2 is 1.81 bits per heavy atom. The predicted molar refractivity (Wildman–Crippen MR) is 88.6 cm³/mol. The lowest BCUT2D eigenvalue weighted by atomic mass is 10.1. The molecule has 0 unspecified atom stereocenters. The molecule has 0 aromatic heterocycles. The SMILES string of the molecule is Cc1ccc(N[C@@H](C)C(=O)NC2CCCCCC2)c(C)c1. The van der Waals surface area contributed by atoms with Gasteiger partial charge >= 0.3 is 0 Å². The maximum absolute atomic E-state index is 12.3. The van der Waals surface area contributed by atoms with E-state index in [1.807, 2.05) is 6.92 Å². The molecule has 0 aliphatic heterocycles. The van der Waals surface area contributed by atoms with E-state index in [0.717, 1.165) is 18.5 Å². The first-order valence-corrected chi connectivity index (χ1v) is 8.20. The van der Waals surface area contributed by atoms with E-state index in [2.05, 4.69) is 42.7 Å². The standard InChI is InChI=1S/C18H28N2O/c1-13-10-11-17(14(2)12-13)19-15(3)18(21)20-16-8-6-4-5-7-9-16/h10-12,15-16,19H,4-9H2,1-3H3,(H,20,21)/t15-/m0/s1. The zero-order chi connectivity index (χ0) is 15.2. The molecule has 0 radical (unpaired) electrons. The molecule has 1 aliphatic carbocycles. The zero-order valence-electron chi connectivity index (χ0n) is 13.5. The van der Waals surface area contributed by atoms with E-state index >= 15 is 0 Å². The van der Waals surface area contributed by atoms with Gasteiger partial charge in [-0.25, -0.2) is 0 Å². The van der Waals surface area contributed by atoms with Crippen LogP contribution < -0.4 is 10.6 Å². The fourth-order valence-corrected chi connectivity index (χ4v) is 3.02. The highest BCUT2D eigenvalue weighted by atomic mass is 16.2. The molecule has 116 valence electrons. The van der Waals surface area contributed by atoms with Crippen molar-refractivity contribution >= 4 is 11.6 Å². The van der Waals surface area contributed by atoms with Crippen molar-refractivity contribution in [3.8, 4) is 0 Å². The van der Waals surface area contributed by atoms with Gasteiger partial charge in [-0.05, 0) is 45.2 Å². The van der Waals surface area contributed by atoms with E-state index in [1.165, 1.54) is 36.8 Å². The fourth-order valence-electron chi connectivity index (χ4n) is 3.02. The Labute approximate surface area is 128 Å². The van der Waals surface area contributed by atoms with Crippen LogP contribution in [0.3, 0.4) is 0 Å². The molecule has 2 N–H and O–H groups in total. The molecular weight excluding hydrogens is 260 g/mol. The van der Waals surface area contributed by atoms with Crippen molar-refractivity contribution in [1.29, 1.82) is 0 Å². The molecule has 21 heavy (non-hydrogen) atoms. The number of rotatable bonds is 4. The Bertz CT molecular complexity index is 476. The number of nitrogens with one attached hydrogen (secondary N) is 2. The summed E-state index contributed by atoms with van der Waals surface area (Å²) in [5, 5.41) is 6.54. The molecule has 0 spiro atoms. The minimum Gasteiger partial charge on any atom is -0.374 e. The molecule has 1 amide bonds. The van der Waals surface area contributed by atoms with Crippen LogP contribution in [0.2, 0.25) is 0 Å². The Hall–Kier alpha value is -1.51. The summed E-state index contributed by atoms with van der Waals surface area (Å²) in [6, 6.07) is 6.43. The molecule has 1 atom stereocenters. The number of aryl methyl sites for hydroxylation is 2. The van der Waals surface area contributed by atoms with Crippen molar-refractivity contribution in [3.05, 3.63) is 29.3 Å². The highest BCUT2D eigenvalue weighted by Crippen LogP contribution is 2.19. The van der Waals surface area contributed by atoms with Crippen LogP contribution in [0.15, 0.2) is 18.2 Å². The Balaban J connectivity index is 1.89. The minimum absolute atomic E-state index is 0.113. The molecule has 1 saturated carbocycles. The topological polar surface area (TPSA) is 41.1 Å². The number of hydrogen-bond donors (Lipinski definition) is 2. The van der Waals surface area contributed by atoms with Gasteiger partial charge in [-0.3, -0.25) is 4.79 Å². The number of carbonyl (C=O) groups excluding carboxylic acids is 1. The van der Waals surface area contributed by atoms with E-state index in [0.29, 0.717) is 6.04 Å². The summed E-state index contributed by atoms with van der Waals surface area (Å²) in [5.41, 5.74) is 3.47. The van der Waals surface area contributed by atoms with Gasteiger partial charge in [0.25, 0.3) is 0 Å². The monoisotopic (exact) mass is 288 g/mol. The van der Waals surface area contributed by atoms with Crippen LogP contribution in [0.4, 0.5) is 5.69 Å². The van der Waals surface area contributed by atoms with Crippen molar-refractivity contribution in [2.45, 2.75) is 71.4 Å². The number of amides is 1. The van der Waals surface area contributed by atoms with Gasteiger partial charge in [0.1, 0.15) is 6.04 Å². The second-order valence-electron chi connectivity index (χ2n) is 6.38. The third-order valence-electron chi connectivity index (χ3n) is 4.35. The molecule has 0 heterocycles. The lowest BCUT2D eigenvalue weighted by molar-refractivity contribution is -0.122. The van der Waals surface area contributed by atoms with Crippen LogP contribution in [-0.4, -0.2) is 18.0 Å². The third-order valence-corrected chi connectivity index (χ3v) is 4.35. The molecule has 3 nitrogen and oxygen atoms in total. The van der Waals surface area contributed by atoms with Gasteiger partial charge in [0, 0.05) is 11.7 Å². The van der Waals surface area contributed by atoms with E-state index in [1.54, 1.807) is 0 Å². The summed E-state index contributed by atoms with van der Waals surface area (Å²) >= 11 is 0. The quantitative estimate of drug-likeness (QED) is 0.824. The van der Waals surface area contributed by atoms with Gasteiger partial charge in [-0.1, -0.05) is 43.4 Å². The first-order valence-electron chi connectivity index (χ1n) is 8.20. The van der Waals surface area contributed by atoms with Crippen LogP contribution in [0.1, 0.15) is 56.6 Å². The van der Waals surface area contributed by atoms with E-state index in [9.17, 15) is 4.79 Å². The highest BCUT2D eigenvalue weighted by Gasteiger charge is 2.19. The molecule has 2 rings (SSSR count). The second kappa shape index (κ2) is 7.48. The number of benzene rings is 1. The van der Waals surface area contributed by atoms with E-state index in [4.69, 9.17) is 0 Å². The van der Waals surface area contributed by atoms with Crippen LogP contribution in [-0.2, 0) is 4.79 Å². The van der Waals surface area contributed by atoms with Crippen LogP contribution in [0.25, 0.3) is 0 Å². The van der Waals surface area contributed by atoms with E-state index in [-0.39, 0.29) is 11.9 Å². The maximum atomic E-state index is 12.3. The molecule has 1 aromatic carbocycles. The smallest absolute Gasteiger partial charge is 0.242 e. The summed E-state index contributed by atoms with van der Waals surface area (Å²) < 4.78 is 0. The van der Waals surface area contributed by atoms with Crippen molar-refractivity contribution < 1.29 is 4.79 Å². The van der Waals surface area contributed by atoms with Gasteiger partial charge in [0.15, 0.2) is 0 Å². The number of hydrogen-bond acceptors (Lipinski definition) is 2. The predicted octanol–water partition coefficient (Wildman–Crippen LogP) is 3.94. The second-order valence-corrected chi connectivity index (χ2v) is 6.38. The normalized spacial score (nSPS) is 17.9. The first kappa shape index (κ1) is 15.9. The summed E-state index contributed by atoms with van der Waals surface area (Å²) in [7, 11) is 0. The van der Waals surface area contributed by atoms with Crippen LogP contribution in [0, 0.1) is 13.8 Å². The van der Waals surface area contributed by atoms with Crippen molar-refractivity contribution in [3.63, 3.8) is 0 Å². The molecule has 0 saturated heterocycles. The molecular formula is C18H28N2O. The molecule has 3 heteroatoms. The van der Waals surface area contributed by atoms with E-state index < -0.39 is 0 Å². The molecule has 0 bridgehead atoms. The largest absolute Gasteiger partial charge is 0.374 e. The van der Waals surface area contributed by atoms with Gasteiger partial charge in [0.05, 0.1) is 0 Å². The Morgan fingerprint density at radius 1 is 1.14 bits per heavy atom. The molecule has 1 fully saturated rings. The van der Waals surface area contributed by atoms with Crippen molar-refractivity contribution in [2.24, 2.45) is 0 Å². The summed E-state index contributed by atoms with van der Waals surface area (Å²) in [5.74, 6) is 0.113. The summed E-state index contributed by atoms with van der Waals surface area (Å²) in [4.78, 5) is 12.3. The average molecular weight is 288 g/mol. The Kier molecular flexibility index (Phi) is 5.66. The van der Waals surface area contributed by atoms with Gasteiger partial charge in [-0.15, -0.1) is 0 Å². The van der Waals surface area contributed by atoms with Crippen molar-refractivity contribution in [2.75, 3.05) is 5.32 Å². The fraction of sp³-hybridized carbons (Fsp3) is 0.611. The van der Waals surface area contributed by atoms with Gasteiger partial charge in [-0.2, -0.15) is 0 Å². The Morgan fingerprint density at radius 3 is 2.43 bits per heavy atom. The van der Waals surface area contributed by atoms with Crippen LogP contribution in [0.5, 0.6) is 0 Å². The first-order chi connectivity index (χ1) is 10.1. The zero-order valence-corrected chi connectivity index (χ0v) is 13.5. The minimum atomic E-state index is -0.199. The summed E-state index contributed by atoms with van der Waals surface area (Å²) in [6.45, 7) is 6.09. The average Bonchev–Trinajstić information content (AvgIpc) is 2.70. The summed E-state index contributed by atoms with van der Waals surface area (Å²) in [6.07, 6.45) is 7.35. The number of anilines is 1. The lowest BCUT2D eigenvalue weighted by Gasteiger charge is -2.21. The highest BCUT2D eigenvalue weighted by molar-refractivity contribution is 5.84. The lowest BCUT2D eigenvalue weighted by Crippen LogP contribution is -2.43.